The zero-order chi connectivity index (χ0) is 13.1. The van der Waals surface area contributed by atoms with Crippen molar-refractivity contribution in [1.82, 2.24) is 0 Å². The van der Waals surface area contributed by atoms with Crippen molar-refractivity contribution in [3.05, 3.63) is 54.9 Å². The number of benzene rings is 1. The van der Waals surface area contributed by atoms with Crippen LogP contribution >= 0.6 is 27.3 Å². The van der Waals surface area contributed by atoms with E-state index in [1.807, 2.05) is 12.1 Å². The first-order valence-corrected chi connectivity index (χ1v) is 6.48. The number of nitro benzene ring substituents is 1. The minimum Gasteiger partial charge on any atom is -0.488 e. The van der Waals surface area contributed by atoms with E-state index in [0.717, 1.165) is 20.8 Å². The molecule has 0 saturated heterocycles. The van der Waals surface area contributed by atoms with E-state index in [2.05, 4.69) is 15.9 Å². The first kappa shape index (κ1) is 13.0. The van der Waals surface area contributed by atoms with Crippen LogP contribution in [-0.2, 0) is 6.61 Å². The SMILES string of the molecule is O=[N+]([O-])c1ccc(OCc2ccc(Br)s2)cc1F. The number of ether oxygens (including phenoxy) is 1. The molecule has 4 nitrogen and oxygen atoms in total. The summed E-state index contributed by atoms with van der Waals surface area (Å²) in [7, 11) is 0. The van der Waals surface area contributed by atoms with Crippen molar-refractivity contribution in [1.29, 1.82) is 0 Å². The molecule has 94 valence electrons. The molecule has 2 aromatic rings. The molecule has 18 heavy (non-hydrogen) atoms. The highest BCUT2D eigenvalue weighted by atomic mass is 79.9. The molecule has 2 rings (SSSR count). The molecule has 0 saturated carbocycles. The predicted molar refractivity (Wildman–Crippen MR) is 69.4 cm³/mol. The van der Waals surface area contributed by atoms with E-state index in [9.17, 15) is 14.5 Å². The summed E-state index contributed by atoms with van der Waals surface area (Å²) in [5.41, 5.74) is -0.554. The third-order valence-corrected chi connectivity index (χ3v) is 3.72. The van der Waals surface area contributed by atoms with Gasteiger partial charge in [0.1, 0.15) is 12.4 Å². The molecule has 0 aliphatic carbocycles. The summed E-state index contributed by atoms with van der Waals surface area (Å²) in [6.45, 7) is 0.299. The Kier molecular flexibility index (Phi) is 3.93. The van der Waals surface area contributed by atoms with Gasteiger partial charge in [0.25, 0.3) is 0 Å². The van der Waals surface area contributed by atoms with Crippen molar-refractivity contribution >= 4 is 33.0 Å². The molecule has 0 unspecified atom stereocenters. The smallest absolute Gasteiger partial charge is 0.305 e. The minimum absolute atomic E-state index is 0.266. The Bertz CT molecular complexity index is 587. The van der Waals surface area contributed by atoms with Gasteiger partial charge >= 0.3 is 5.69 Å². The lowest BCUT2D eigenvalue weighted by molar-refractivity contribution is -0.387. The van der Waals surface area contributed by atoms with Crippen molar-refractivity contribution in [3.8, 4) is 5.75 Å². The van der Waals surface area contributed by atoms with E-state index >= 15 is 0 Å². The van der Waals surface area contributed by atoms with Gasteiger partial charge < -0.3 is 4.74 Å². The maximum Gasteiger partial charge on any atom is 0.305 e. The van der Waals surface area contributed by atoms with Crippen LogP contribution in [0.2, 0.25) is 0 Å². The molecule has 0 aliphatic heterocycles. The molecule has 0 radical (unpaired) electrons. The third kappa shape index (κ3) is 3.05. The molecule has 0 fully saturated rings. The van der Waals surface area contributed by atoms with E-state index < -0.39 is 16.4 Å². The van der Waals surface area contributed by atoms with Gasteiger partial charge in [0, 0.05) is 17.0 Å². The Labute approximate surface area is 114 Å². The molecule has 0 bridgehead atoms. The van der Waals surface area contributed by atoms with E-state index in [-0.39, 0.29) is 5.75 Å². The maximum atomic E-state index is 13.3. The summed E-state index contributed by atoms with van der Waals surface area (Å²) in [6, 6.07) is 7.26. The highest BCUT2D eigenvalue weighted by Crippen LogP contribution is 2.25. The quantitative estimate of drug-likeness (QED) is 0.625. The predicted octanol–water partition coefficient (Wildman–Crippen LogP) is 4.14. The Morgan fingerprint density at radius 1 is 1.39 bits per heavy atom. The molecule has 1 heterocycles. The molecule has 1 aromatic carbocycles. The summed E-state index contributed by atoms with van der Waals surface area (Å²) in [4.78, 5) is 10.6. The van der Waals surface area contributed by atoms with Gasteiger partial charge in [0.2, 0.25) is 5.82 Å². The first-order valence-electron chi connectivity index (χ1n) is 4.87. The van der Waals surface area contributed by atoms with Crippen LogP contribution in [0.1, 0.15) is 4.88 Å². The number of nitro groups is 1. The van der Waals surface area contributed by atoms with E-state index in [1.54, 1.807) is 0 Å². The number of thiophene rings is 1. The monoisotopic (exact) mass is 331 g/mol. The van der Waals surface area contributed by atoms with Gasteiger partial charge in [-0.3, -0.25) is 10.1 Å². The molecule has 0 atom stereocenters. The lowest BCUT2D eigenvalue weighted by Gasteiger charge is -2.04. The molecular weight excluding hydrogens is 325 g/mol. The van der Waals surface area contributed by atoms with Gasteiger partial charge in [-0.2, -0.15) is 4.39 Å². The molecule has 7 heteroatoms. The number of hydrogen-bond acceptors (Lipinski definition) is 4. The molecule has 1 aromatic heterocycles. The summed E-state index contributed by atoms with van der Waals surface area (Å²) < 4.78 is 19.6. The van der Waals surface area contributed by atoms with Gasteiger partial charge in [-0.1, -0.05) is 0 Å². The van der Waals surface area contributed by atoms with Crippen LogP contribution in [-0.4, -0.2) is 4.92 Å². The maximum absolute atomic E-state index is 13.3. The molecule has 0 spiro atoms. The Morgan fingerprint density at radius 3 is 2.72 bits per heavy atom. The molecular formula is C11H7BrFNO3S. The summed E-state index contributed by atoms with van der Waals surface area (Å²) >= 11 is 4.83. The van der Waals surface area contributed by atoms with Crippen LogP contribution in [0.5, 0.6) is 5.75 Å². The standard InChI is InChI=1S/C11H7BrFNO3S/c12-11-4-2-8(18-11)6-17-7-1-3-10(14(15)16)9(13)5-7/h1-5H,6H2. The Morgan fingerprint density at radius 2 is 2.17 bits per heavy atom. The zero-order valence-corrected chi connectivity index (χ0v) is 11.3. The van der Waals surface area contributed by atoms with E-state index in [0.29, 0.717) is 6.61 Å². The zero-order valence-electron chi connectivity index (χ0n) is 8.93. The highest BCUT2D eigenvalue weighted by molar-refractivity contribution is 9.11. The second kappa shape index (κ2) is 5.45. The van der Waals surface area contributed by atoms with Crippen molar-refractivity contribution in [2.45, 2.75) is 6.61 Å². The highest BCUT2D eigenvalue weighted by Gasteiger charge is 2.14. The van der Waals surface area contributed by atoms with E-state index in [1.165, 1.54) is 17.4 Å². The summed E-state index contributed by atoms with van der Waals surface area (Å²) in [6.07, 6.45) is 0. The fraction of sp³-hybridized carbons (Fsp3) is 0.0909. The topological polar surface area (TPSA) is 52.4 Å². The average Bonchev–Trinajstić information content (AvgIpc) is 2.72. The molecule has 0 N–H and O–H groups in total. The van der Waals surface area contributed by atoms with Crippen LogP contribution in [0.4, 0.5) is 10.1 Å². The fourth-order valence-electron chi connectivity index (χ4n) is 1.31. The van der Waals surface area contributed by atoms with Crippen LogP contribution in [0.3, 0.4) is 0 Å². The third-order valence-electron chi connectivity index (χ3n) is 2.13. The summed E-state index contributed by atoms with van der Waals surface area (Å²) in [5, 5.41) is 10.4. The fourth-order valence-corrected chi connectivity index (χ4v) is 2.71. The van der Waals surface area contributed by atoms with Gasteiger partial charge in [-0.15, -0.1) is 11.3 Å². The second-order valence-corrected chi connectivity index (χ2v) is 5.91. The van der Waals surface area contributed by atoms with Crippen molar-refractivity contribution in [2.24, 2.45) is 0 Å². The number of halogens is 2. The number of hydrogen-bond donors (Lipinski definition) is 0. The van der Waals surface area contributed by atoms with Crippen molar-refractivity contribution < 1.29 is 14.1 Å². The van der Waals surface area contributed by atoms with Gasteiger partial charge in [0.05, 0.1) is 8.71 Å². The van der Waals surface area contributed by atoms with Crippen LogP contribution in [0, 0.1) is 15.9 Å². The van der Waals surface area contributed by atoms with E-state index in [4.69, 9.17) is 4.74 Å². The molecule has 0 aliphatic rings. The van der Waals surface area contributed by atoms with Crippen LogP contribution in [0.25, 0.3) is 0 Å². The number of rotatable bonds is 4. The normalized spacial score (nSPS) is 10.3. The lowest BCUT2D eigenvalue weighted by Crippen LogP contribution is -1.96. The number of nitrogens with zero attached hydrogens (tertiary/aromatic N) is 1. The van der Waals surface area contributed by atoms with Crippen LogP contribution in [0.15, 0.2) is 34.1 Å². The lowest BCUT2D eigenvalue weighted by atomic mass is 10.3. The van der Waals surface area contributed by atoms with Crippen molar-refractivity contribution in [3.63, 3.8) is 0 Å². The first-order chi connectivity index (χ1) is 8.56. The van der Waals surface area contributed by atoms with Gasteiger partial charge in [0.15, 0.2) is 0 Å². The van der Waals surface area contributed by atoms with Gasteiger partial charge in [-0.25, -0.2) is 0 Å². The van der Waals surface area contributed by atoms with Crippen LogP contribution < -0.4 is 4.74 Å². The summed E-state index contributed by atoms with van der Waals surface area (Å²) in [5.74, 6) is -0.632. The minimum atomic E-state index is -0.898. The Balaban J connectivity index is 2.06. The van der Waals surface area contributed by atoms with Gasteiger partial charge in [-0.05, 0) is 34.1 Å². The van der Waals surface area contributed by atoms with Crippen molar-refractivity contribution in [2.75, 3.05) is 0 Å². The molecule has 0 amide bonds. The second-order valence-electron chi connectivity index (χ2n) is 3.36. The average molecular weight is 332 g/mol. The Hall–Kier alpha value is -1.47. The largest absolute Gasteiger partial charge is 0.488 e.